The molecule has 0 bridgehead atoms. The van der Waals surface area contributed by atoms with Crippen molar-refractivity contribution < 1.29 is 23.8 Å². The van der Waals surface area contributed by atoms with Gasteiger partial charge in [0, 0.05) is 18.9 Å². The second-order valence-corrected chi connectivity index (χ2v) is 8.42. The molecule has 0 radical (unpaired) electrons. The molecule has 2 aromatic carbocycles. The van der Waals surface area contributed by atoms with Gasteiger partial charge in [0.1, 0.15) is 11.5 Å². The predicted molar refractivity (Wildman–Crippen MR) is 129 cm³/mol. The molecule has 0 saturated carbocycles. The highest BCUT2D eigenvalue weighted by atomic mass is 32.2. The Hall–Kier alpha value is -3.04. The number of nitrogens with one attached hydrogen (secondary N) is 2. The maximum Gasteiger partial charge on any atom is 0.258 e. The summed E-state index contributed by atoms with van der Waals surface area (Å²) in [5, 5.41) is 6.80. The average molecular weight is 472 g/mol. The number of methoxy groups -OCH3 is 1. The number of ether oxygens (including phenoxy) is 3. The number of rotatable bonds is 12. The standard InChI is InChI=1S/C24H29N3O5S/c1-30-20-8-6-19(7-9-20)16-33-17-24(29)27-26-13-18-4-10-21(11-5-18)32-15-23(28)25-14-22-3-2-12-31-22/h4-11,13,22H,2-3,12,14-17H2,1H3,(H,25,28)(H,27,29)/b26-13-/t22-/m0/s1. The summed E-state index contributed by atoms with van der Waals surface area (Å²) >= 11 is 1.51. The van der Waals surface area contributed by atoms with Gasteiger partial charge in [-0.05, 0) is 60.4 Å². The Balaban J connectivity index is 1.30. The third-order valence-corrected chi connectivity index (χ3v) is 5.87. The van der Waals surface area contributed by atoms with E-state index in [1.54, 1.807) is 37.6 Å². The summed E-state index contributed by atoms with van der Waals surface area (Å²) in [7, 11) is 1.63. The van der Waals surface area contributed by atoms with E-state index in [2.05, 4.69) is 15.8 Å². The van der Waals surface area contributed by atoms with Gasteiger partial charge in [0.05, 0.1) is 25.2 Å². The molecule has 176 valence electrons. The van der Waals surface area contributed by atoms with Gasteiger partial charge in [0.25, 0.3) is 5.91 Å². The van der Waals surface area contributed by atoms with Crippen molar-refractivity contribution in [2.24, 2.45) is 5.10 Å². The number of hydrogen-bond donors (Lipinski definition) is 2. The molecule has 0 aliphatic carbocycles. The van der Waals surface area contributed by atoms with Gasteiger partial charge < -0.3 is 19.5 Å². The van der Waals surface area contributed by atoms with Crippen molar-refractivity contribution in [2.75, 3.05) is 32.6 Å². The molecule has 3 rings (SSSR count). The number of amides is 2. The Morgan fingerprint density at radius 2 is 1.88 bits per heavy atom. The first-order valence-corrected chi connectivity index (χ1v) is 11.9. The molecule has 1 aliphatic rings. The van der Waals surface area contributed by atoms with E-state index in [9.17, 15) is 9.59 Å². The van der Waals surface area contributed by atoms with E-state index in [1.807, 2.05) is 24.3 Å². The summed E-state index contributed by atoms with van der Waals surface area (Å²) in [4.78, 5) is 23.8. The monoisotopic (exact) mass is 471 g/mol. The summed E-state index contributed by atoms with van der Waals surface area (Å²) in [6.45, 7) is 1.23. The molecule has 2 aromatic rings. The number of carbonyl (C=O) groups is 2. The van der Waals surface area contributed by atoms with Crippen LogP contribution in [0.15, 0.2) is 53.6 Å². The van der Waals surface area contributed by atoms with Gasteiger partial charge in [-0.2, -0.15) is 5.10 Å². The molecular formula is C24H29N3O5S. The molecule has 0 spiro atoms. The van der Waals surface area contributed by atoms with Crippen LogP contribution in [0.3, 0.4) is 0 Å². The van der Waals surface area contributed by atoms with Crippen molar-refractivity contribution >= 4 is 29.8 Å². The van der Waals surface area contributed by atoms with Crippen molar-refractivity contribution in [1.29, 1.82) is 0 Å². The van der Waals surface area contributed by atoms with E-state index >= 15 is 0 Å². The molecule has 1 saturated heterocycles. The highest BCUT2D eigenvalue weighted by Crippen LogP contribution is 2.16. The van der Waals surface area contributed by atoms with Crippen molar-refractivity contribution in [2.45, 2.75) is 24.7 Å². The molecule has 33 heavy (non-hydrogen) atoms. The number of benzene rings is 2. The maximum atomic E-state index is 11.9. The molecule has 8 nitrogen and oxygen atoms in total. The third kappa shape index (κ3) is 9.15. The maximum absolute atomic E-state index is 11.9. The van der Waals surface area contributed by atoms with Gasteiger partial charge in [0.2, 0.25) is 5.91 Å². The summed E-state index contributed by atoms with van der Waals surface area (Å²) < 4.78 is 16.1. The van der Waals surface area contributed by atoms with Crippen LogP contribution in [0, 0.1) is 0 Å². The fourth-order valence-corrected chi connectivity index (χ4v) is 3.86. The van der Waals surface area contributed by atoms with Crippen LogP contribution in [0.25, 0.3) is 0 Å². The first-order valence-electron chi connectivity index (χ1n) is 10.8. The van der Waals surface area contributed by atoms with E-state index in [4.69, 9.17) is 14.2 Å². The summed E-state index contributed by atoms with van der Waals surface area (Å²) in [5.74, 6) is 2.09. The van der Waals surface area contributed by atoms with Crippen LogP contribution < -0.4 is 20.2 Å². The Kier molecular flexibility index (Phi) is 10.1. The number of thioether (sulfide) groups is 1. The van der Waals surface area contributed by atoms with Crippen LogP contribution in [-0.2, 0) is 20.1 Å². The second kappa shape index (κ2) is 13.5. The molecule has 2 amide bonds. The predicted octanol–water partition coefficient (Wildman–Crippen LogP) is 2.75. The van der Waals surface area contributed by atoms with Crippen LogP contribution in [0.2, 0.25) is 0 Å². The Morgan fingerprint density at radius 1 is 1.12 bits per heavy atom. The molecule has 1 heterocycles. The fourth-order valence-electron chi connectivity index (χ4n) is 3.08. The van der Waals surface area contributed by atoms with Gasteiger partial charge in [-0.1, -0.05) is 12.1 Å². The van der Waals surface area contributed by atoms with Gasteiger partial charge in [-0.25, -0.2) is 5.43 Å². The quantitative estimate of drug-likeness (QED) is 0.365. The van der Waals surface area contributed by atoms with E-state index in [0.717, 1.165) is 42.1 Å². The highest BCUT2D eigenvalue weighted by molar-refractivity contribution is 7.99. The third-order valence-electron chi connectivity index (χ3n) is 4.86. The molecule has 1 atom stereocenters. The molecule has 1 fully saturated rings. The topological polar surface area (TPSA) is 98.3 Å². The molecule has 0 aromatic heterocycles. The van der Waals surface area contributed by atoms with Gasteiger partial charge in [-0.3, -0.25) is 9.59 Å². The molecular weight excluding hydrogens is 442 g/mol. The number of carbonyl (C=O) groups excluding carboxylic acids is 2. The minimum atomic E-state index is -0.177. The van der Waals surface area contributed by atoms with Crippen molar-refractivity contribution in [3.05, 3.63) is 59.7 Å². The summed E-state index contributed by atoms with van der Waals surface area (Å²) in [6, 6.07) is 14.9. The van der Waals surface area contributed by atoms with Crippen LogP contribution in [0.5, 0.6) is 11.5 Å². The summed E-state index contributed by atoms with van der Waals surface area (Å²) in [6.07, 6.45) is 3.69. The zero-order valence-corrected chi connectivity index (χ0v) is 19.4. The minimum Gasteiger partial charge on any atom is -0.497 e. The lowest BCUT2D eigenvalue weighted by Crippen LogP contribution is -2.35. The van der Waals surface area contributed by atoms with Crippen LogP contribution >= 0.6 is 11.8 Å². The Labute approximate surface area is 198 Å². The lowest BCUT2D eigenvalue weighted by molar-refractivity contribution is -0.123. The zero-order valence-electron chi connectivity index (χ0n) is 18.6. The zero-order chi connectivity index (χ0) is 23.3. The van der Waals surface area contributed by atoms with Gasteiger partial charge in [0.15, 0.2) is 6.61 Å². The summed E-state index contributed by atoms with van der Waals surface area (Å²) in [5.41, 5.74) is 4.45. The van der Waals surface area contributed by atoms with Crippen LogP contribution in [0.4, 0.5) is 0 Å². The van der Waals surface area contributed by atoms with E-state index in [0.29, 0.717) is 18.0 Å². The molecule has 2 N–H and O–H groups in total. The average Bonchev–Trinajstić information content (AvgIpc) is 3.36. The van der Waals surface area contributed by atoms with Crippen molar-refractivity contribution in [3.8, 4) is 11.5 Å². The van der Waals surface area contributed by atoms with E-state index < -0.39 is 0 Å². The second-order valence-electron chi connectivity index (χ2n) is 7.43. The fraction of sp³-hybridized carbons (Fsp3) is 0.375. The Bertz CT molecular complexity index is 913. The largest absolute Gasteiger partial charge is 0.497 e. The number of nitrogens with zero attached hydrogens (tertiary/aromatic N) is 1. The number of hydrazone groups is 1. The van der Waals surface area contributed by atoms with Gasteiger partial charge >= 0.3 is 0 Å². The molecule has 0 unspecified atom stereocenters. The lowest BCUT2D eigenvalue weighted by Gasteiger charge is -2.11. The van der Waals surface area contributed by atoms with E-state index in [-0.39, 0.29) is 24.5 Å². The first kappa shape index (κ1) is 24.6. The number of hydrogen-bond acceptors (Lipinski definition) is 7. The molecule has 9 heteroatoms. The van der Waals surface area contributed by atoms with Gasteiger partial charge in [-0.15, -0.1) is 11.8 Å². The smallest absolute Gasteiger partial charge is 0.258 e. The van der Waals surface area contributed by atoms with Crippen molar-refractivity contribution in [1.82, 2.24) is 10.7 Å². The first-order chi connectivity index (χ1) is 16.1. The SMILES string of the molecule is COc1ccc(CSCC(=O)N/N=C\c2ccc(OCC(=O)NC[C@@H]3CCCO3)cc2)cc1. The Morgan fingerprint density at radius 3 is 2.58 bits per heavy atom. The van der Waals surface area contributed by atoms with E-state index in [1.165, 1.54) is 11.8 Å². The normalized spacial score (nSPS) is 15.4. The van der Waals surface area contributed by atoms with Crippen LogP contribution in [-0.4, -0.2) is 56.8 Å². The minimum absolute atomic E-state index is 0.0512. The van der Waals surface area contributed by atoms with Crippen molar-refractivity contribution in [3.63, 3.8) is 0 Å². The lowest BCUT2D eigenvalue weighted by atomic mass is 10.2. The van der Waals surface area contributed by atoms with Crippen LogP contribution in [0.1, 0.15) is 24.0 Å². The highest BCUT2D eigenvalue weighted by Gasteiger charge is 2.16. The molecule has 1 aliphatic heterocycles.